The lowest BCUT2D eigenvalue weighted by Crippen LogP contribution is -2.49. The topological polar surface area (TPSA) is 146 Å². The van der Waals surface area contributed by atoms with E-state index in [0.29, 0.717) is 16.8 Å². The summed E-state index contributed by atoms with van der Waals surface area (Å²) in [5.74, 6) is -2.06. The predicted molar refractivity (Wildman–Crippen MR) is 177 cm³/mol. The van der Waals surface area contributed by atoms with Gasteiger partial charge in [0.15, 0.2) is 17.6 Å². The number of nitrogens with zero attached hydrogens (tertiary/aromatic N) is 7. The maximum atomic E-state index is 14.4. The van der Waals surface area contributed by atoms with Gasteiger partial charge in [-0.05, 0) is 66.6 Å². The van der Waals surface area contributed by atoms with Gasteiger partial charge < -0.3 is 15.8 Å². The van der Waals surface area contributed by atoms with Gasteiger partial charge in [0.25, 0.3) is 5.91 Å². The predicted octanol–water partition coefficient (Wildman–Crippen LogP) is 7.07. The highest BCUT2D eigenvalue weighted by Crippen LogP contribution is 2.49. The van der Waals surface area contributed by atoms with Crippen molar-refractivity contribution in [3.05, 3.63) is 83.2 Å². The van der Waals surface area contributed by atoms with E-state index in [1.807, 2.05) is 26.1 Å². The Balaban J connectivity index is 1.58. The smallest absolute Gasteiger partial charge is 0.411 e. The molecule has 1 aliphatic rings. The molecular weight excluding hydrogens is 720 g/mol. The highest BCUT2D eigenvalue weighted by molar-refractivity contribution is 6.33. The summed E-state index contributed by atoms with van der Waals surface area (Å²) >= 11 is 6.41. The molecule has 0 aliphatic heterocycles. The van der Waals surface area contributed by atoms with Crippen molar-refractivity contribution >= 4 is 29.6 Å². The first kappa shape index (κ1) is 38.1. The number of aliphatic imine (C=N–C) groups is 1. The van der Waals surface area contributed by atoms with Crippen molar-refractivity contribution in [3.63, 3.8) is 0 Å². The van der Waals surface area contributed by atoms with Crippen LogP contribution in [0.4, 0.5) is 31.1 Å². The number of carbonyl (C=O) groups is 2. The average Bonchev–Trinajstić information content (AvgIpc) is 3.47. The van der Waals surface area contributed by atoms with Crippen LogP contribution in [0.2, 0.25) is 5.02 Å². The third-order valence-electron chi connectivity index (χ3n) is 8.22. The van der Waals surface area contributed by atoms with E-state index in [1.54, 1.807) is 0 Å². The third kappa shape index (κ3) is 8.66. The van der Waals surface area contributed by atoms with Gasteiger partial charge in [-0.3, -0.25) is 14.7 Å². The number of alkyl halides is 5. The molecular formula is C33H34ClF6N9O3. The molecule has 4 aromatic rings. The molecule has 0 spiro atoms. The monoisotopic (exact) mass is 753 g/mol. The molecule has 2 heterocycles. The van der Waals surface area contributed by atoms with Gasteiger partial charge >= 0.3 is 18.8 Å². The summed E-state index contributed by atoms with van der Waals surface area (Å²) < 4.78 is 89.0. The number of halogens is 7. The van der Waals surface area contributed by atoms with Crippen molar-refractivity contribution in [3.8, 4) is 17.1 Å². The first-order valence-corrected chi connectivity index (χ1v) is 16.2. The van der Waals surface area contributed by atoms with Crippen LogP contribution in [-0.2, 0) is 4.74 Å². The van der Waals surface area contributed by atoms with Crippen LogP contribution in [0.5, 0.6) is 0 Å². The summed E-state index contributed by atoms with van der Waals surface area (Å²) in [6, 6.07) is 8.37. The Hall–Kier alpha value is -5.13. The molecule has 1 saturated carbocycles. The van der Waals surface area contributed by atoms with Crippen LogP contribution in [0.3, 0.4) is 0 Å². The lowest BCUT2D eigenvalue weighted by Gasteiger charge is -2.32. The van der Waals surface area contributed by atoms with Gasteiger partial charge in [0.2, 0.25) is 0 Å². The Kier molecular flexibility index (Phi) is 10.9. The first-order chi connectivity index (χ1) is 24.4. The number of alkyl carbamates (subject to hydrolysis) is 1. The molecule has 2 aromatic heterocycles. The molecule has 1 atom stereocenters. The molecule has 52 heavy (non-hydrogen) atoms. The molecule has 12 nitrogen and oxygen atoms in total. The van der Waals surface area contributed by atoms with Gasteiger partial charge in [0.1, 0.15) is 18.5 Å². The summed E-state index contributed by atoms with van der Waals surface area (Å²) in [7, 11) is 0. The lowest BCUT2D eigenvalue weighted by molar-refractivity contribution is -0.164. The van der Waals surface area contributed by atoms with Crippen LogP contribution < -0.4 is 11.1 Å². The number of benzene rings is 2. The van der Waals surface area contributed by atoms with Crippen LogP contribution in [0.15, 0.2) is 66.2 Å². The van der Waals surface area contributed by atoms with E-state index in [9.17, 15) is 35.9 Å². The second kappa shape index (κ2) is 14.8. The van der Waals surface area contributed by atoms with Gasteiger partial charge in [-0.15, -0.1) is 0 Å². The second-order valence-corrected chi connectivity index (χ2v) is 13.6. The fourth-order valence-electron chi connectivity index (χ4n) is 5.14. The Morgan fingerprint density at radius 3 is 2.38 bits per heavy atom. The fraction of sp³-hybridized carbons (Fsp3) is 0.394. The van der Waals surface area contributed by atoms with Gasteiger partial charge in [0, 0.05) is 17.7 Å². The zero-order valence-electron chi connectivity index (χ0n) is 28.0. The number of nitrogens with two attached hydrogens (primary N) is 1. The van der Waals surface area contributed by atoms with Crippen LogP contribution in [0, 0.1) is 11.2 Å². The van der Waals surface area contributed by atoms with E-state index in [2.05, 4.69) is 20.2 Å². The molecule has 278 valence electrons. The number of carbonyl (C=O) groups excluding carboxylic acids is 2. The second-order valence-electron chi connectivity index (χ2n) is 13.2. The van der Waals surface area contributed by atoms with Crippen molar-refractivity contribution in [1.82, 2.24) is 34.8 Å². The highest BCUT2D eigenvalue weighted by atomic mass is 35.5. The molecule has 2 aromatic carbocycles. The number of amides is 2. The van der Waals surface area contributed by atoms with E-state index in [1.165, 1.54) is 47.1 Å². The number of hydrogen-bond donors (Lipinski definition) is 2. The van der Waals surface area contributed by atoms with Gasteiger partial charge in [-0.25, -0.2) is 18.9 Å². The zero-order valence-corrected chi connectivity index (χ0v) is 28.8. The van der Waals surface area contributed by atoms with Gasteiger partial charge in [0.05, 0.1) is 29.1 Å². The standard InChI is InChI=1S/C33H34ClF6N9O3/c1-31(2,3)12-13-42-29(41)48(27(50)19-4-7-22(8-5-19)47-16-21(35)15-44-47)25(17-52-30(51)46-32(10-11-32)33(38,39)40)20-6-9-24(34)23(14-20)26-43-18-45-49(26)28(36)37/h4-9,14-16,18,25,28H,10-13,17H2,1-3H3,(H2,41,42)(H,46,51)/t25-/m1/s1. The number of hydrogen-bond acceptors (Lipinski definition) is 7. The van der Waals surface area contributed by atoms with Gasteiger partial charge in [-0.2, -0.15) is 36.8 Å². The number of nitrogens with one attached hydrogen (secondary N) is 1. The quantitative estimate of drug-likeness (QED) is 0.0947. The maximum absolute atomic E-state index is 14.4. The Morgan fingerprint density at radius 2 is 1.81 bits per heavy atom. The summed E-state index contributed by atoms with van der Waals surface area (Å²) in [4.78, 5) is 36.5. The molecule has 0 saturated heterocycles. The summed E-state index contributed by atoms with van der Waals surface area (Å²) in [6.45, 7) is 2.16. The molecule has 1 aliphatic carbocycles. The highest BCUT2D eigenvalue weighted by Gasteiger charge is 2.64. The summed E-state index contributed by atoms with van der Waals surface area (Å²) in [5.41, 5.74) is 4.34. The van der Waals surface area contributed by atoms with E-state index in [-0.39, 0.29) is 58.3 Å². The van der Waals surface area contributed by atoms with Crippen molar-refractivity contribution in [2.75, 3.05) is 13.2 Å². The lowest BCUT2D eigenvalue weighted by atomic mass is 9.92. The molecule has 0 radical (unpaired) electrons. The SMILES string of the molecule is CC(C)(C)CCN=C(N)N(C(=O)c1ccc(-n2cc(F)cn2)cc1)[C@H](COC(=O)NC1(C(F)(F)F)CC1)c1ccc(Cl)c(-c2ncnn2C(F)F)c1. The number of guanidine groups is 1. The van der Waals surface area contributed by atoms with E-state index in [4.69, 9.17) is 22.1 Å². The number of aromatic nitrogens is 5. The molecule has 19 heteroatoms. The van der Waals surface area contributed by atoms with Crippen molar-refractivity contribution in [1.29, 1.82) is 0 Å². The minimum atomic E-state index is -4.74. The van der Waals surface area contributed by atoms with Crippen molar-refractivity contribution in [2.24, 2.45) is 16.1 Å². The molecule has 0 unspecified atom stereocenters. The molecule has 5 rings (SSSR count). The zero-order chi connectivity index (χ0) is 38.0. The molecule has 0 bridgehead atoms. The Bertz CT molecular complexity index is 1940. The molecule has 2 amide bonds. The van der Waals surface area contributed by atoms with E-state index >= 15 is 0 Å². The number of rotatable bonds is 11. The largest absolute Gasteiger partial charge is 0.447 e. The van der Waals surface area contributed by atoms with Crippen LogP contribution >= 0.6 is 11.6 Å². The van der Waals surface area contributed by atoms with E-state index in [0.717, 1.165) is 23.6 Å². The Morgan fingerprint density at radius 1 is 1.12 bits per heavy atom. The first-order valence-electron chi connectivity index (χ1n) is 15.8. The Labute approximate surface area is 298 Å². The third-order valence-corrected chi connectivity index (χ3v) is 8.55. The fourth-order valence-corrected chi connectivity index (χ4v) is 5.34. The maximum Gasteiger partial charge on any atom is 0.411 e. The van der Waals surface area contributed by atoms with Gasteiger partial charge in [-0.1, -0.05) is 38.4 Å². The summed E-state index contributed by atoms with van der Waals surface area (Å²) in [5, 5.41) is 9.27. The number of ether oxygens (including phenoxy) is 1. The molecule has 3 N–H and O–H groups in total. The van der Waals surface area contributed by atoms with Crippen LogP contribution in [0.25, 0.3) is 17.1 Å². The minimum Gasteiger partial charge on any atom is -0.447 e. The molecule has 1 fully saturated rings. The van der Waals surface area contributed by atoms with Crippen molar-refractivity contribution in [2.45, 2.75) is 64.3 Å². The van der Waals surface area contributed by atoms with Crippen LogP contribution in [0.1, 0.15) is 68.5 Å². The van der Waals surface area contributed by atoms with Crippen molar-refractivity contribution < 1.29 is 40.7 Å². The van der Waals surface area contributed by atoms with E-state index < -0.39 is 48.7 Å². The van der Waals surface area contributed by atoms with Crippen LogP contribution in [-0.4, -0.2) is 72.3 Å². The minimum absolute atomic E-state index is 0.0282. The summed E-state index contributed by atoms with van der Waals surface area (Å²) in [6.07, 6.45) is -3.31. The average molecular weight is 754 g/mol. The normalized spacial score (nSPS) is 15.0.